The maximum atomic E-state index is 13.8. The van der Waals surface area contributed by atoms with Crippen molar-refractivity contribution in [3.8, 4) is 0 Å². The van der Waals surface area contributed by atoms with Gasteiger partial charge in [-0.3, -0.25) is 9.48 Å². The Kier molecular flexibility index (Phi) is 4.73. The molecule has 0 spiro atoms. The highest BCUT2D eigenvalue weighted by Crippen LogP contribution is 2.23. The summed E-state index contributed by atoms with van der Waals surface area (Å²) < 4.78 is 15.6. The van der Waals surface area contributed by atoms with Crippen molar-refractivity contribution < 1.29 is 14.3 Å². The minimum absolute atomic E-state index is 0.180. The van der Waals surface area contributed by atoms with Gasteiger partial charge in [0.1, 0.15) is 5.82 Å². The molecule has 2 rings (SSSR count). The molecule has 0 amide bonds. The number of aromatic nitrogens is 2. The van der Waals surface area contributed by atoms with E-state index < -0.39 is 17.7 Å². The minimum atomic E-state index is -1.04. The molecule has 0 saturated heterocycles. The van der Waals surface area contributed by atoms with Crippen LogP contribution in [-0.2, 0) is 11.2 Å². The molecular weight excluding hydrogens is 271 g/mol. The van der Waals surface area contributed by atoms with Crippen molar-refractivity contribution in [3.05, 3.63) is 53.6 Å². The van der Waals surface area contributed by atoms with Crippen molar-refractivity contribution in [3.63, 3.8) is 0 Å². The van der Waals surface area contributed by atoms with Crippen LogP contribution >= 0.6 is 0 Å². The van der Waals surface area contributed by atoms with Crippen molar-refractivity contribution in [2.45, 2.75) is 38.6 Å². The number of hydrogen-bond acceptors (Lipinski definition) is 2. The number of nitrogens with zero attached hydrogens (tertiary/aromatic N) is 2. The van der Waals surface area contributed by atoms with E-state index in [1.165, 1.54) is 12.1 Å². The Morgan fingerprint density at radius 3 is 2.71 bits per heavy atom. The van der Waals surface area contributed by atoms with Crippen LogP contribution in [0.1, 0.15) is 43.5 Å². The van der Waals surface area contributed by atoms with Crippen LogP contribution in [0.15, 0.2) is 36.5 Å². The predicted octanol–water partition coefficient (Wildman–Crippen LogP) is 3.40. The van der Waals surface area contributed by atoms with Crippen LogP contribution in [-0.4, -0.2) is 20.9 Å². The van der Waals surface area contributed by atoms with Crippen LogP contribution in [0.3, 0.4) is 0 Å². The van der Waals surface area contributed by atoms with Gasteiger partial charge in [0, 0.05) is 24.2 Å². The Morgan fingerprint density at radius 1 is 1.38 bits per heavy atom. The monoisotopic (exact) mass is 290 g/mol. The van der Waals surface area contributed by atoms with Gasteiger partial charge in [0.2, 0.25) is 0 Å². The smallest absolute Gasteiger partial charge is 0.311 e. The van der Waals surface area contributed by atoms with E-state index in [0.29, 0.717) is 5.69 Å². The second-order valence-electron chi connectivity index (χ2n) is 5.16. The van der Waals surface area contributed by atoms with Gasteiger partial charge in [-0.1, -0.05) is 25.1 Å². The van der Waals surface area contributed by atoms with Crippen LogP contribution in [0.25, 0.3) is 0 Å². The SMILES string of the molecule is CCC(C)n1ccc(CC(C(=O)O)c2ccccc2F)n1. The standard InChI is InChI=1S/C16H19FN2O2/c1-3-11(2)19-9-8-12(18-19)10-14(16(20)21)13-6-4-5-7-15(13)17/h4-9,11,14H,3,10H2,1-2H3,(H,20,21). The van der Waals surface area contributed by atoms with Crippen molar-refractivity contribution in [1.82, 2.24) is 9.78 Å². The Morgan fingerprint density at radius 2 is 2.10 bits per heavy atom. The van der Waals surface area contributed by atoms with Crippen LogP contribution in [0.2, 0.25) is 0 Å². The lowest BCUT2D eigenvalue weighted by molar-refractivity contribution is -0.138. The van der Waals surface area contributed by atoms with Gasteiger partial charge < -0.3 is 5.11 Å². The topological polar surface area (TPSA) is 55.1 Å². The normalized spacial score (nSPS) is 13.9. The summed E-state index contributed by atoms with van der Waals surface area (Å²) in [5, 5.41) is 13.8. The molecule has 21 heavy (non-hydrogen) atoms. The summed E-state index contributed by atoms with van der Waals surface area (Å²) >= 11 is 0. The lowest BCUT2D eigenvalue weighted by atomic mass is 9.94. The number of carbonyl (C=O) groups is 1. The zero-order valence-electron chi connectivity index (χ0n) is 12.2. The quantitative estimate of drug-likeness (QED) is 0.887. The van der Waals surface area contributed by atoms with Crippen molar-refractivity contribution in [2.24, 2.45) is 0 Å². The first-order chi connectivity index (χ1) is 10.0. The van der Waals surface area contributed by atoms with Gasteiger partial charge in [0.25, 0.3) is 0 Å². The molecule has 1 aromatic heterocycles. The number of carboxylic acid groups (broad SMARTS) is 1. The first-order valence-corrected chi connectivity index (χ1v) is 7.04. The van der Waals surface area contributed by atoms with E-state index in [1.807, 2.05) is 17.8 Å². The molecule has 0 saturated carbocycles. The summed E-state index contributed by atoms with van der Waals surface area (Å²) in [6.07, 6.45) is 2.96. The highest BCUT2D eigenvalue weighted by atomic mass is 19.1. The van der Waals surface area contributed by atoms with E-state index in [9.17, 15) is 14.3 Å². The Bertz CT molecular complexity index is 624. The Balaban J connectivity index is 2.23. The Hall–Kier alpha value is -2.17. The van der Waals surface area contributed by atoms with Gasteiger partial charge in [0.15, 0.2) is 0 Å². The van der Waals surface area contributed by atoms with Gasteiger partial charge in [-0.25, -0.2) is 4.39 Å². The fourth-order valence-electron chi connectivity index (χ4n) is 2.22. The molecule has 1 heterocycles. The molecule has 2 aromatic rings. The van der Waals surface area contributed by atoms with Gasteiger partial charge >= 0.3 is 5.97 Å². The molecule has 0 aliphatic rings. The molecule has 4 nitrogen and oxygen atoms in total. The highest BCUT2D eigenvalue weighted by molar-refractivity contribution is 5.76. The van der Waals surface area contributed by atoms with E-state index in [0.717, 1.165) is 6.42 Å². The molecule has 0 aliphatic heterocycles. The van der Waals surface area contributed by atoms with Gasteiger partial charge in [-0.05, 0) is 25.5 Å². The average Bonchev–Trinajstić information content (AvgIpc) is 2.93. The second kappa shape index (κ2) is 6.52. The summed E-state index contributed by atoms with van der Waals surface area (Å²) in [7, 11) is 0. The number of benzene rings is 1. The van der Waals surface area contributed by atoms with Crippen LogP contribution in [0, 0.1) is 5.82 Å². The third-order valence-corrected chi connectivity index (χ3v) is 3.70. The van der Waals surface area contributed by atoms with E-state index in [2.05, 4.69) is 12.0 Å². The summed E-state index contributed by atoms with van der Waals surface area (Å²) in [6.45, 7) is 4.10. The number of halogens is 1. The molecule has 5 heteroatoms. The van der Waals surface area contributed by atoms with E-state index in [1.54, 1.807) is 18.2 Å². The number of hydrogen-bond donors (Lipinski definition) is 1. The lowest BCUT2D eigenvalue weighted by Crippen LogP contribution is -2.16. The summed E-state index contributed by atoms with van der Waals surface area (Å²) in [4.78, 5) is 11.5. The average molecular weight is 290 g/mol. The summed E-state index contributed by atoms with van der Waals surface area (Å²) in [5.41, 5.74) is 0.856. The van der Waals surface area contributed by atoms with Gasteiger partial charge in [0.05, 0.1) is 11.6 Å². The first kappa shape index (κ1) is 15.2. The number of rotatable bonds is 6. The molecule has 2 atom stereocenters. The third-order valence-electron chi connectivity index (χ3n) is 3.70. The predicted molar refractivity (Wildman–Crippen MR) is 77.7 cm³/mol. The van der Waals surface area contributed by atoms with Crippen molar-refractivity contribution in [1.29, 1.82) is 0 Å². The van der Waals surface area contributed by atoms with Crippen molar-refractivity contribution >= 4 is 5.97 Å². The molecule has 0 radical (unpaired) electrons. The largest absolute Gasteiger partial charge is 0.481 e. The molecule has 0 fully saturated rings. The maximum absolute atomic E-state index is 13.8. The molecule has 0 aliphatic carbocycles. The number of carboxylic acids is 1. The number of aliphatic carboxylic acids is 1. The maximum Gasteiger partial charge on any atom is 0.311 e. The Labute approximate surface area is 123 Å². The molecule has 112 valence electrons. The zero-order chi connectivity index (χ0) is 15.4. The molecule has 1 aromatic carbocycles. The molecule has 0 bridgehead atoms. The van der Waals surface area contributed by atoms with Crippen LogP contribution < -0.4 is 0 Å². The second-order valence-corrected chi connectivity index (χ2v) is 5.16. The van der Waals surface area contributed by atoms with Crippen LogP contribution in [0.4, 0.5) is 4.39 Å². The third kappa shape index (κ3) is 3.48. The van der Waals surface area contributed by atoms with E-state index in [-0.39, 0.29) is 18.0 Å². The highest BCUT2D eigenvalue weighted by Gasteiger charge is 2.24. The van der Waals surface area contributed by atoms with E-state index in [4.69, 9.17) is 0 Å². The summed E-state index contributed by atoms with van der Waals surface area (Å²) in [6, 6.07) is 8.04. The minimum Gasteiger partial charge on any atom is -0.481 e. The van der Waals surface area contributed by atoms with Crippen molar-refractivity contribution in [2.75, 3.05) is 0 Å². The van der Waals surface area contributed by atoms with E-state index >= 15 is 0 Å². The molecule has 2 unspecified atom stereocenters. The molecule has 1 N–H and O–H groups in total. The fraction of sp³-hybridized carbons (Fsp3) is 0.375. The molecular formula is C16H19FN2O2. The summed E-state index contributed by atoms with van der Waals surface area (Å²) in [5.74, 6) is -2.46. The van der Waals surface area contributed by atoms with Crippen LogP contribution in [0.5, 0.6) is 0 Å². The zero-order valence-corrected chi connectivity index (χ0v) is 12.2. The van der Waals surface area contributed by atoms with Gasteiger partial charge in [-0.2, -0.15) is 5.10 Å². The fourth-order valence-corrected chi connectivity index (χ4v) is 2.22. The van der Waals surface area contributed by atoms with Gasteiger partial charge in [-0.15, -0.1) is 0 Å². The first-order valence-electron chi connectivity index (χ1n) is 7.04. The lowest BCUT2D eigenvalue weighted by Gasteiger charge is -2.12.